The van der Waals surface area contributed by atoms with E-state index in [1.54, 1.807) is 18.2 Å². The lowest BCUT2D eigenvalue weighted by molar-refractivity contribution is -0.113. The van der Waals surface area contributed by atoms with Gasteiger partial charge in [0.05, 0.1) is 0 Å². The van der Waals surface area contributed by atoms with Gasteiger partial charge in [0.15, 0.2) is 9.84 Å². The average molecular weight is 241 g/mol. The summed E-state index contributed by atoms with van der Waals surface area (Å²) in [5, 5.41) is 2.40. The minimum absolute atomic E-state index is 0.401. The molecular formula is C10H11NO4S. The molecule has 0 atom stereocenters. The van der Waals surface area contributed by atoms with E-state index in [0.29, 0.717) is 17.5 Å². The molecule has 0 bridgehead atoms. The number of sulfone groups is 1. The fourth-order valence-corrected chi connectivity index (χ4v) is 1.67. The standard InChI is InChI=1S/C10H11NO4S/c1-16(14,15)7-10(13)11-9-4-2-3-8(5-9)6-12/h2-6H,7H2,1H3,(H,11,13). The molecule has 0 saturated carbocycles. The van der Waals surface area contributed by atoms with E-state index in [0.717, 1.165) is 6.26 Å². The van der Waals surface area contributed by atoms with Crippen molar-refractivity contribution in [2.45, 2.75) is 0 Å². The second-order valence-electron chi connectivity index (χ2n) is 3.36. The molecule has 0 spiro atoms. The number of nitrogens with one attached hydrogen (secondary N) is 1. The van der Waals surface area contributed by atoms with Crippen molar-refractivity contribution in [2.24, 2.45) is 0 Å². The molecule has 86 valence electrons. The van der Waals surface area contributed by atoms with Crippen LogP contribution in [0.3, 0.4) is 0 Å². The van der Waals surface area contributed by atoms with Gasteiger partial charge in [-0.25, -0.2) is 8.42 Å². The van der Waals surface area contributed by atoms with Gasteiger partial charge in [-0.2, -0.15) is 0 Å². The Labute approximate surface area is 93.4 Å². The molecule has 0 aliphatic heterocycles. The number of carbonyl (C=O) groups excluding carboxylic acids is 2. The number of aldehydes is 1. The van der Waals surface area contributed by atoms with E-state index in [2.05, 4.69) is 5.32 Å². The maximum atomic E-state index is 11.2. The van der Waals surface area contributed by atoms with Crippen LogP contribution in [0.15, 0.2) is 24.3 Å². The molecule has 5 nitrogen and oxygen atoms in total. The van der Waals surface area contributed by atoms with Gasteiger partial charge in [0.2, 0.25) is 5.91 Å². The molecule has 1 aromatic carbocycles. The molecule has 6 heteroatoms. The molecule has 16 heavy (non-hydrogen) atoms. The Hall–Kier alpha value is -1.69. The van der Waals surface area contributed by atoms with Crippen LogP contribution in [0.25, 0.3) is 0 Å². The lowest BCUT2D eigenvalue weighted by atomic mass is 10.2. The molecule has 0 aliphatic carbocycles. The highest BCUT2D eigenvalue weighted by molar-refractivity contribution is 7.91. The summed E-state index contributed by atoms with van der Waals surface area (Å²) in [4.78, 5) is 21.7. The van der Waals surface area contributed by atoms with Crippen molar-refractivity contribution in [3.05, 3.63) is 29.8 Å². The fourth-order valence-electron chi connectivity index (χ4n) is 1.12. The van der Waals surface area contributed by atoms with E-state index in [-0.39, 0.29) is 0 Å². The average Bonchev–Trinajstić information content (AvgIpc) is 2.15. The van der Waals surface area contributed by atoms with Crippen LogP contribution < -0.4 is 5.32 Å². The second-order valence-corrected chi connectivity index (χ2v) is 5.50. The molecular weight excluding hydrogens is 230 g/mol. The summed E-state index contributed by atoms with van der Waals surface area (Å²) in [6, 6.07) is 6.22. The molecule has 0 aromatic heterocycles. The van der Waals surface area contributed by atoms with E-state index in [1.807, 2.05) is 0 Å². The Morgan fingerprint density at radius 3 is 2.69 bits per heavy atom. The third-order valence-electron chi connectivity index (χ3n) is 1.70. The van der Waals surface area contributed by atoms with Gasteiger partial charge >= 0.3 is 0 Å². The van der Waals surface area contributed by atoms with E-state index in [9.17, 15) is 18.0 Å². The predicted octanol–water partition coefficient (Wildman–Crippen LogP) is 0.482. The zero-order valence-electron chi connectivity index (χ0n) is 8.64. The normalized spacial score (nSPS) is 10.8. The maximum absolute atomic E-state index is 11.2. The monoisotopic (exact) mass is 241 g/mol. The SMILES string of the molecule is CS(=O)(=O)CC(=O)Nc1cccc(C=O)c1. The largest absolute Gasteiger partial charge is 0.325 e. The molecule has 1 N–H and O–H groups in total. The lowest BCUT2D eigenvalue weighted by Gasteiger charge is -2.04. The van der Waals surface area contributed by atoms with Crippen molar-refractivity contribution in [1.82, 2.24) is 0 Å². The second kappa shape index (κ2) is 4.89. The summed E-state index contributed by atoms with van der Waals surface area (Å²) in [5.41, 5.74) is 0.815. The van der Waals surface area contributed by atoms with Crippen LogP contribution in [0, 0.1) is 0 Å². The first-order valence-corrected chi connectivity index (χ1v) is 6.49. The first-order valence-electron chi connectivity index (χ1n) is 4.43. The predicted molar refractivity (Wildman–Crippen MR) is 60.2 cm³/mol. The summed E-state index contributed by atoms with van der Waals surface area (Å²) in [7, 11) is -3.34. The molecule has 1 amide bonds. The minimum atomic E-state index is -3.34. The number of anilines is 1. The number of hydrogen-bond acceptors (Lipinski definition) is 4. The Morgan fingerprint density at radius 2 is 2.12 bits per heavy atom. The molecule has 0 aliphatic rings. The molecule has 0 heterocycles. The highest BCUT2D eigenvalue weighted by atomic mass is 32.2. The van der Waals surface area contributed by atoms with Crippen molar-refractivity contribution >= 4 is 27.7 Å². The third-order valence-corrected chi connectivity index (χ3v) is 2.49. The van der Waals surface area contributed by atoms with Crippen LogP contribution in [0.4, 0.5) is 5.69 Å². The summed E-state index contributed by atoms with van der Waals surface area (Å²) in [6.07, 6.45) is 1.63. The van der Waals surface area contributed by atoms with Gasteiger partial charge in [0.25, 0.3) is 0 Å². The van der Waals surface area contributed by atoms with E-state index in [4.69, 9.17) is 0 Å². The number of benzene rings is 1. The Morgan fingerprint density at radius 1 is 1.44 bits per heavy atom. The minimum Gasteiger partial charge on any atom is -0.325 e. The van der Waals surface area contributed by atoms with Gasteiger partial charge in [-0.15, -0.1) is 0 Å². The molecule has 1 rings (SSSR count). The number of carbonyl (C=O) groups is 2. The molecule has 1 aromatic rings. The zero-order chi connectivity index (χ0) is 12.2. The van der Waals surface area contributed by atoms with Gasteiger partial charge in [0, 0.05) is 17.5 Å². The molecule has 0 fully saturated rings. The maximum Gasteiger partial charge on any atom is 0.239 e. The van der Waals surface area contributed by atoms with E-state index >= 15 is 0 Å². The van der Waals surface area contributed by atoms with Crippen molar-refractivity contribution in [3.63, 3.8) is 0 Å². The third kappa shape index (κ3) is 4.22. The Balaban J connectivity index is 2.73. The summed E-state index contributed by atoms with van der Waals surface area (Å²) >= 11 is 0. The van der Waals surface area contributed by atoms with Gasteiger partial charge < -0.3 is 5.32 Å². The van der Waals surface area contributed by atoms with Crippen molar-refractivity contribution in [1.29, 1.82) is 0 Å². The number of hydrogen-bond donors (Lipinski definition) is 1. The van der Waals surface area contributed by atoms with Crippen molar-refractivity contribution < 1.29 is 18.0 Å². The quantitative estimate of drug-likeness (QED) is 0.777. The van der Waals surface area contributed by atoms with Crippen LogP contribution in [0.2, 0.25) is 0 Å². The first-order chi connectivity index (χ1) is 7.40. The highest BCUT2D eigenvalue weighted by Crippen LogP contribution is 2.08. The van der Waals surface area contributed by atoms with E-state index < -0.39 is 21.5 Å². The summed E-state index contributed by atoms with van der Waals surface area (Å²) < 4.78 is 21.7. The van der Waals surface area contributed by atoms with Crippen LogP contribution in [-0.2, 0) is 14.6 Å². The molecule has 0 unspecified atom stereocenters. The summed E-state index contributed by atoms with van der Waals surface area (Å²) in [6.45, 7) is 0. The van der Waals surface area contributed by atoms with Crippen molar-refractivity contribution in [3.8, 4) is 0 Å². The van der Waals surface area contributed by atoms with Crippen LogP contribution in [0.5, 0.6) is 0 Å². The Bertz CT molecular complexity index is 507. The first kappa shape index (κ1) is 12.4. The van der Waals surface area contributed by atoms with E-state index in [1.165, 1.54) is 6.07 Å². The van der Waals surface area contributed by atoms with Gasteiger partial charge in [0.1, 0.15) is 12.0 Å². The zero-order valence-corrected chi connectivity index (χ0v) is 9.45. The van der Waals surface area contributed by atoms with Gasteiger partial charge in [-0.1, -0.05) is 12.1 Å². The Kier molecular flexibility index (Phi) is 3.78. The van der Waals surface area contributed by atoms with Crippen LogP contribution in [-0.4, -0.2) is 32.6 Å². The summed E-state index contributed by atoms with van der Waals surface area (Å²) in [5.74, 6) is -1.19. The fraction of sp³-hybridized carbons (Fsp3) is 0.200. The van der Waals surface area contributed by atoms with Gasteiger partial charge in [-0.3, -0.25) is 9.59 Å². The molecule has 0 saturated heterocycles. The number of amides is 1. The van der Waals surface area contributed by atoms with Crippen molar-refractivity contribution in [2.75, 3.05) is 17.3 Å². The van der Waals surface area contributed by atoms with Crippen LogP contribution in [0.1, 0.15) is 10.4 Å². The number of rotatable bonds is 4. The lowest BCUT2D eigenvalue weighted by Crippen LogP contribution is -2.21. The topological polar surface area (TPSA) is 80.3 Å². The molecule has 0 radical (unpaired) electrons. The van der Waals surface area contributed by atoms with Gasteiger partial charge in [-0.05, 0) is 12.1 Å². The van der Waals surface area contributed by atoms with Crippen LogP contribution >= 0.6 is 0 Å². The highest BCUT2D eigenvalue weighted by Gasteiger charge is 2.10. The smallest absolute Gasteiger partial charge is 0.239 e.